The van der Waals surface area contributed by atoms with E-state index in [9.17, 15) is 4.39 Å². The van der Waals surface area contributed by atoms with Crippen molar-refractivity contribution in [2.45, 2.75) is 12.8 Å². The van der Waals surface area contributed by atoms with E-state index in [-0.39, 0.29) is 5.82 Å². The van der Waals surface area contributed by atoms with E-state index in [1.165, 1.54) is 12.1 Å². The molecule has 0 amide bonds. The third kappa shape index (κ3) is 2.76. The molecule has 4 heteroatoms. The van der Waals surface area contributed by atoms with Gasteiger partial charge in [-0.25, -0.2) is 14.4 Å². The molecular weight excluding hydrogens is 205 g/mol. The first-order valence-corrected chi connectivity index (χ1v) is 5.05. The van der Waals surface area contributed by atoms with Crippen LogP contribution in [0.4, 0.5) is 10.1 Å². The van der Waals surface area contributed by atoms with Gasteiger partial charge in [-0.15, -0.1) is 0 Å². The van der Waals surface area contributed by atoms with Gasteiger partial charge in [0.25, 0.3) is 0 Å². The van der Waals surface area contributed by atoms with Gasteiger partial charge in [0, 0.05) is 6.42 Å². The third-order valence-corrected chi connectivity index (χ3v) is 2.25. The summed E-state index contributed by atoms with van der Waals surface area (Å²) in [5, 5.41) is 0. The molecule has 0 fully saturated rings. The highest BCUT2D eigenvalue weighted by Crippen LogP contribution is 2.07. The molecule has 0 radical (unpaired) electrons. The van der Waals surface area contributed by atoms with Crippen LogP contribution >= 0.6 is 0 Å². The lowest BCUT2D eigenvalue weighted by Crippen LogP contribution is -1.99. The lowest BCUT2D eigenvalue weighted by molar-refractivity contribution is 0.625. The Morgan fingerprint density at radius 2 is 1.88 bits per heavy atom. The summed E-state index contributed by atoms with van der Waals surface area (Å²) in [6.45, 7) is 0. The van der Waals surface area contributed by atoms with Gasteiger partial charge >= 0.3 is 0 Å². The van der Waals surface area contributed by atoms with Crippen LogP contribution < -0.4 is 5.73 Å². The fraction of sp³-hybridized carbons (Fsp3) is 0.167. The largest absolute Gasteiger partial charge is 0.396 e. The molecule has 0 bridgehead atoms. The molecule has 0 aliphatic carbocycles. The average molecular weight is 217 g/mol. The predicted octanol–water partition coefficient (Wildman–Crippen LogP) is 1.98. The van der Waals surface area contributed by atoms with Gasteiger partial charge in [-0.2, -0.15) is 0 Å². The van der Waals surface area contributed by atoms with Gasteiger partial charge in [0.2, 0.25) is 0 Å². The fourth-order valence-corrected chi connectivity index (χ4v) is 1.44. The highest BCUT2D eigenvalue weighted by atomic mass is 19.1. The molecule has 1 aromatic carbocycles. The number of aryl methyl sites for hydroxylation is 2. The van der Waals surface area contributed by atoms with Crippen molar-refractivity contribution >= 4 is 5.69 Å². The Hall–Kier alpha value is -1.97. The number of aromatic nitrogens is 2. The lowest BCUT2D eigenvalue weighted by Gasteiger charge is -2.01. The minimum absolute atomic E-state index is 0.212. The normalized spacial score (nSPS) is 10.3. The average Bonchev–Trinajstić information content (AvgIpc) is 2.28. The Morgan fingerprint density at radius 3 is 2.56 bits per heavy atom. The van der Waals surface area contributed by atoms with Gasteiger partial charge in [-0.1, -0.05) is 12.1 Å². The van der Waals surface area contributed by atoms with Crippen LogP contribution in [0, 0.1) is 5.82 Å². The molecule has 82 valence electrons. The second kappa shape index (κ2) is 4.70. The van der Waals surface area contributed by atoms with E-state index in [2.05, 4.69) is 9.97 Å². The lowest BCUT2D eigenvalue weighted by atomic mass is 10.1. The standard InChI is InChI=1S/C12H12FN3/c13-10-3-1-2-9(6-10)4-5-12-15-7-11(14)8-16-12/h1-3,6-8H,4-5,14H2. The van der Waals surface area contributed by atoms with Crippen molar-refractivity contribution in [2.24, 2.45) is 0 Å². The molecule has 3 nitrogen and oxygen atoms in total. The van der Waals surface area contributed by atoms with Gasteiger partial charge in [0.05, 0.1) is 18.1 Å². The van der Waals surface area contributed by atoms with Gasteiger partial charge in [-0.3, -0.25) is 0 Å². The zero-order valence-corrected chi connectivity index (χ0v) is 8.73. The van der Waals surface area contributed by atoms with E-state index in [1.807, 2.05) is 6.07 Å². The summed E-state index contributed by atoms with van der Waals surface area (Å²) >= 11 is 0. The number of benzene rings is 1. The first-order valence-electron chi connectivity index (χ1n) is 5.05. The molecule has 0 aliphatic rings. The summed E-state index contributed by atoms with van der Waals surface area (Å²) in [7, 11) is 0. The van der Waals surface area contributed by atoms with Crippen molar-refractivity contribution in [1.82, 2.24) is 9.97 Å². The van der Waals surface area contributed by atoms with Crippen LogP contribution in [0.3, 0.4) is 0 Å². The number of rotatable bonds is 3. The molecular formula is C12H12FN3. The van der Waals surface area contributed by atoms with Crippen LogP contribution in [0.2, 0.25) is 0 Å². The summed E-state index contributed by atoms with van der Waals surface area (Å²) < 4.78 is 12.9. The van der Waals surface area contributed by atoms with Gasteiger partial charge in [0.15, 0.2) is 0 Å². The highest BCUT2D eigenvalue weighted by Gasteiger charge is 1.99. The van der Waals surface area contributed by atoms with E-state index >= 15 is 0 Å². The van der Waals surface area contributed by atoms with E-state index in [1.54, 1.807) is 18.5 Å². The smallest absolute Gasteiger partial charge is 0.128 e. The van der Waals surface area contributed by atoms with E-state index < -0.39 is 0 Å². The molecule has 1 aromatic heterocycles. The first-order chi connectivity index (χ1) is 7.74. The molecule has 0 unspecified atom stereocenters. The Labute approximate surface area is 93.2 Å². The molecule has 16 heavy (non-hydrogen) atoms. The number of hydrogen-bond acceptors (Lipinski definition) is 3. The zero-order valence-electron chi connectivity index (χ0n) is 8.73. The second-order valence-electron chi connectivity index (χ2n) is 3.56. The maximum atomic E-state index is 12.9. The van der Waals surface area contributed by atoms with E-state index in [0.29, 0.717) is 12.1 Å². The molecule has 2 N–H and O–H groups in total. The van der Waals surface area contributed by atoms with E-state index in [0.717, 1.165) is 17.8 Å². The van der Waals surface area contributed by atoms with Crippen LogP contribution in [-0.2, 0) is 12.8 Å². The number of nitrogen functional groups attached to an aromatic ring is 1. The van der Waals surface area contributed by atoms with Gasteiger partial charge < -0.3 is 5.73 Å². The Morgan fingerprint density at radius 1 is 1.12 bits per heavy atom. The number of hydrogen-bond donors (Lipinski definition) is 1. The number of nitrogens with two attached hydrogens (primary N) is 1. The molecule has 2 aromatic rings. The summed E-state index contributed by atoms with van der Waals surface area (Å²) in [6, 6.07) is 6.55. The van der Waals surface area contributed by atoms with Crippen LogP contribution in [0.25, 0.3) is 0 Å². The van der Waals surface area contributed by atoms with Crippen LogP contribution in [0.15, 0.2) is 36.7 Å². The fourth-order valence-electron chi connectivity index (χ4n) is 1.44. The number of nitrogens with zero attached hydrogens (tertiary/aromatic N) is 2. The summed E-state index contributed by atoms with van der Waals surface area (Å²) in [5.41, 5.74) is 6.97. The Balaban J connectivity index is 1.99. The minimum atomic E-state index is -0.212. The Kier molecular flexibility index (Phi) is 3.10. The third-order valence-electron chi connectivity index (χ3n) is 2.25. The summed E-state index contributed by atoms with van der Waals surface area (Å²) in [6.07, 6.45) is 4.56. The maximum absolute atomic E-state index is 12.9. The molecule has 0 saturated heterocycles. The van der Waals surface area contributed by atoms with Crippen LogP contribution in [0.1, 0.15) is 11.4 Å². The minimum Gasteiger partial charge on any atom is -0.396 e. The van der Waals surface area contributed by atoms with Crippen molar-refractivity contribution in [3.8, 4) is 0 Å². The van der Waals surface area contributed by atoms with Crippen molar-refractivity contribution in [2.75, 3.05) is 5.73 Å². The molecule has 2 rings (SSSR count). The van der Waals surface area contributed by atoms with Gasteiger partial charge in [-0.05, 0) is 24.1 Å². The quantitative estimate of drug-likeness (QED) is 0.855. The van der Waals surface area contributed by atoms with Crippen LogP contribution in [-0.4, -0.2) is 9.97 Å². The molecule has 0 spiro atoms. The van der Waals surface area contributed by atoms with Crippen LogP contribution in [0.5, 0.6) is 0 Å². The topological polar surface area (TPSA) is 51.8 Å². The second-order valence-corrected chi connectivity index (χ2v) is 3.56. The van der Waals surface area contributed by atoms with Crippen molar-refractivity contribution in [3.05, 3.63) is 53.9 Å². The summed E-state index contributed by atoms with van der Waals surface area (Å²) in [4.78, 5) is 8.17. The van der Waals surface area contributed by atoms with Gasteiger partial charge in [0.1, 0.15) is 11.6 Å². The first kappa shape index (κ1) is 10.5. The van der Waals surface area contributed by atoms with Crippen molar-refractivity contribution in [1.29, 1.82) is 0 Å². The maximum Gasteiger partial charge on any atom is 0.128 e. The van der Waals surface area contributed by atoms with E-state index in [4.69, 9.17) is 5.73 Å². The highest BCUT2D eigenvalue weighted by molar-refractivity contribution is 5.30. The monoisotopic (exact) mass is 217 g/mol. The molecule has 0 saturated carbocycles. The number of halogens is 1. The number of anilines is 1. The molecule has 0 atom stereocenters. The SMILES string of the molecule is Nc1cnc(CCc2cccc(F)c2)nc1. The van der Waals surface area contributed by atoms with Crippen molar-refractivity contribution < 1.29 is 4.39 Å². The predicted molar refractivity (Wildman–Crippen MR) is 60.3 cm³/mol. The van der Waals surface area contributed by atoms with Crippen molar-refractivity contribution in [3.63, 3.8) is 0 Å². The Bertz CT molecular complexity index is 468. The molecule has 1 heterocycles. The zero-order chi connectivity index (χ0) is 11.4. The molecule has 0 aliphatic heterocycles. The summed E-state index contributed by atoms with van der Waals surface area (Å²) in [5.74, 6) is 0.509.